The molecule has 0 spiro atoms. The van der Waals surface area contributed by atoms with Gasteiger partial charge in [0.15, 0.2) is 0 Å². The molecule has 112 valence electrons. The molecule has 1 N–H and O–H groups in total. The number of rotatable bonds is 6. The molecule has 5 heteroatoms. The molecule has 0 radical (unpaired) electrons. The summed E-state index contributed by atoms with van der Waals surface area (Å²) in [4.78, 5) is 0. The van der Waals surface area contributed by atoms with Crippen molar-refractivity contribution in [3.8, 4) is 0 Å². The molecule has 1 fully saturated rings. The highest BCUT2D eigenvalue weighted by molar-refractivity contribution is 5.36. The van der Waals surface area contributed by atoms with Gasteiger partial charge in [-0.15, -0.1) is 0 Å². The zero-order chi connectivity index (χ0) is 14.6. The second kappa shape index (κ2) is 6.14. The quantitative estimate of drug-likeness (QED) is 0.811. The van der Waals surface area contributed by atoms with E-state index in [-0.39, 0.29) is 12.0 Å². The van der Waals surface area contributed by atoms with Crippen molar-refractivity contribution < 1.29 is 17.9 Å². The van der Waals surface area contributed by atoms with Crippen LogP contribution in [0.25, 0.3) is 0 Å². The summed E-state index contributed by atoms with van der Waals surface area (Å²) in [5, 5.41) is 3.27. The van der Waals surface area contributed by atoms with Gasteiger partial charge in [-0.2, -0.15) is 13.2 Å². The van der Waals surface area contributed by atoms with Crippen LogP contribution in [0.5, 0.6) is 0 Å². The molecule has 1 aromatic rings. The number of aryl methyl sites for hydroxylation is 1. The van der Waals surface area contributed by atoms with E-state index in [1.807, 2.05) is 12.1 Å². The fraction of sp³-hybridized carbons (Fsp3) is 0.600. The van der Waals surface area contributed by atoms with Crippen LogP contribution in [0.4, 0.5) is 13.2 Å². The summed E-state index contributed by atoms with van der Waals surface area (Å²) in [6, 6.07) is 8.22. The third-order valence-electron chi connectivity index (χ3n) is 3.85. The van der Waals surface area contributed by atoms with Gasteiger partial charge in [-0.05, 0) is 30.9 Å². The molecule has 0 amide bonds. The van der Waals surface area contributed by atoms with E-state index in [0.29, 0.717) is 6.42 Å². The lowest BCUT2D eigenvalue weighted by Gasteiger charge is -2.44. The average molecular weight is 287 g/mol. The Bertz CT molecular complexity index is 441. The van der Waals surface area contributed by atoms with Gasteiger partial charge in [0.05, 0.1) is 0 Å². The predicted octanol–water partition coefficient (Wildman–Crippen LogP) is 3.20. The van der Waals surface area contributed by atoms with Crippen LogP contribution in [0, 0.1) is 6.92 Å². The number of nitrogens with one attached hydrogen (secondary N) is 1. The summed E-state index contributed by atoms with van der Waals surface area (Å²) in [5.41, 5.74) is 2.60. The van der Waals surface area contributed by atoms with Gasteiger partial charge in [0.2, 0.25) is 0 Å². The molecule has 1 heterocycles. The first kappa shape index (κ1) is 15.3. The van der Waals surface area contributed by atoms with Crippen LogP contribution >= 0.6 is 0 Å². The van der Waals surface area contributed by atoms with Crippen molar-refractivity contribution >= 4 is 0 Å². The van der Waals surface area contributed by atoms with Gasteiger partial charge in [-0.3, -0.25) is 0 Å². The number of ether oxygens (including phenoxy) is 1. The van der Waals surface area contributed by atoms with Crippen LogP contribution < -0.4 is 5.32 Å². The highest BCUT2D eigenvalue weighted by atomic mass is 19.4. The summed E-state index contributed by atoms with van der Waals surface area (Å²) in [5.74, 6) is 0. The Morgan fingerprint density at radius 2 is 1.95 bits per heavy atom. The van der Waals surface area contributed by atoms with Crippen LogP contribution in [0.2, 0.25) is 0 Å². The molecule has 1 saturated heterocycles. The van der Waals surface area contributed by atoms with Crippen molar-refractivity contribution in [2.75, 3.05) is 26.3 Å². The van der Waals surface area contributed by atoms with Crippen molar-refractivity contribution in [2.24, 2.45) is 0 Å². The molecular weight excluding hydrogens is 267 g/mol. The van der Waals surface area contributed by atoms with Crippen molar-refractivity contribution in [2.45, 2.75) is 31.4 Å². The van der Waals surface area contributed by atoms with Gasteiger partial charge >= 0.3 is 6.18 Å². The maximum absolute atomic E-state index is 12.0. The molecule has 0 unspecified atom stereocenters. The molecule has 2 rings (SSSR count). The number of alkyl halides is 3. The minimum absolute atomic E-state index is 0.0624. The highest BCUT2D eigenvalue weighted by Crippen LogP contribution is 2.35. The second-order valence-corrected chi connectivity index (χ2v) is 5.47. The van der Waals surface area contributed by atoms with Gasteiger partial charge in [-0.25, -0.2) is 0 Å². The zero-order valence-corrected chi connectivity index (χ0v) is 11.6. The van der Waals surface area contributed by atoms with Gasteiger partial charge in [0.25, 0.3) is 0 Å². The van der Waals surface area contributed by atoms with Gasteiger partial charge in [0.1, 0.15) is 6.61 Å². The highest BCUT2D eigenvalue weighted by Gasteiger charge is 2.38. The average Bonchev–Trinajstić information content (AvgIpc) is 2.32. The molecule has 0 bridgehead atoms. The Hall–Kier alpha value is -1.07. The van der Waals surface area contributed by atoms with Crippen LogP contribution in [0.15, 0.2) is 24.3 Å². The lowest BCUT2D eigenvalue weighted by Crippen LogP contribution is -2.57. The maximum Gasteiger partial charge on any atom is 0.411 e. The first-order chi connectivity index (χ1) is 9.43. The standard InChI is InChI=1S/C15H20F3NO/c1-12-5-2-3-6-13(12)14(9-19-10-14)7-4-8-20-11-15(16,17)18/h2-3,5-6,19H,4,7-11H2,1H3. The third-order valence-corrected chi connectivity index (χ3v) is 3.85. The Labute approximate surface area is 117 Å². The fourth-order valence-corrected chi connectivity index (χ4v) is 2.80. The predicted molar refractivity (Wildman–Crippen MR) is 71.8 cm³/mol. The molecule has 20 heavy (non-hydrogen) atoms. The van der Waals surface area contributed by atoms with Gasteiger partial charge in [-0.1, -0.05) is 24.3 Å². The lowest BCUT2D eigenvalue weighted by atomic mass is 9.70. The smallest absolute Gasteiger partial charge is 0.372 e. The van der Waals surface area contributed by atoms with Crippen molar-refractivity contribution in [1.29, 1.82) is 0 Å². The van der Waals surface area contributed by atoms with Crippen LogP contribution in [0.1, 0.15) is 24.0 Å². The first-order valence-corrected chi connectivity index (χ1v) is 6.84. The van der Waals surface area contributed by atoms with E-state index in [4.69, 9.17) is 0 Å². The molecule has 0 atom stereocenters. The van der Waals surface area contributed by atoms with Crippen LogP contribution in [0.3, 0.4) is 0 Å². The molecule has 1 aromatic carbocycles. The monoisotopic (exact) mass is 287 g/mol. The molecule has 1 aliphatic heterocycles. The Kier molecular flexibility index (Phi) is 4.70. The summed E-state index contributed by atoms with van der Waals surface area (Å²) in [6.45, 7) is 2.86. The molecular formula is C15H20F3NO. The minimum Gasteiger partial charge on any atom is -0.372 e. The van der Waals surface area contributed by atoms with Gasteiger partial charge in [0, 0.05) is 25.1 Å². The summed E-state index contributed by atoms with van der Waals surface area (Å²) >= 11 is 0. The Morgan fingerprint density at radius 3 is 2.50 bits per heavy atom. The van der Waals surface area contributed by atoms with E-state index < -0.39 is 12.8 Å². The molecule has 0 saturated carbocycles. The third kappa shape index (κ3) is 3.73. The van der Waals surface area contributed by atoms with E-state index in [0.717, 1.165) is 19.5 Å². The van der Waals surface area contributed by atoms with E-state index in [9.17, 15) is 13.2 Å². The fourth-order valence-electron chi connectivity index (χ4n) is 2.80. The van der Waals surface area contributed by atoms with E-state index in [1.54, 1.807) is 0 Å². The molecule has 0 aromatic heterocycles. The zero-order valence-electron chi connectivity index (χ0n) is 11.6. The van der Waals surface area contributed by atoms with Gasteiger partial charge < -0.3 is 10.1 Å². The van der Waals surface area contributed by atoms with E-state index >= 15 is 0 Å². The Balaban J connectivity index is 1.85. The molecule has 1 aliphatic rings. The topological polar surface area (TPSA) is 21.3 Å². The SMILES string of the molecule is Cc1ccccc1C1(CCCOCC(F)(F)F)CNC1. The summed E-state index contributed by atoms with van der Waals surface area (Å²) < 4.78 is 40.6. The first-order valence-electron chi connectivity index (χ1n) is 6.84. The van der Waals surface area contributed by atoms with E-state index in [1.165, 1.54) is 11.1 Å². The minimum atomic E-state index is -4.23. The van der Waals surface area contributed by atoms with Crippen molar-refractivity contribution in [1.82, 2.24) is 5.32 Å². The molecule has 2 nitrogen and oxygen atoms in total. The summed E-state index contributed by atoms with van der Waals surface area (Å²) in [6.07, 6.45) is -2.74. The number of halogens is 3. The lowest BCUT2D eigenvalue weighted by molar-refractivity contribution is -0.174. The number of benzene rings is 1. The van der Waals surface area contributed by atoms with Crippen molar-refractivity contribution in [3.63, 3.8) is 0 Å². The number of hydrogen-bond donors (Lipinski definition) is 1. The van der Waals surface area contributed by atoms with E-state index in [2.05, 4.69) is 29.1 Å². The van der Waals surface area contributed by atoms with Crippen molar-refractivity contribution in [3.05, 3.63) is 35.4 Å². The van der Waals surface area contributed by atoms with Crippen LogP contribution in [-0.4, -0.2) is 32.5 Å². The largest absolute Gasteiger partial charge is 0.411 e. The Morgan fingerprint density at radius 1 is 1.25 bits per heavy atom. The summed E-state index contributed by atoms with van der Waals surface area (Å²) in [7, 11) is 0. The normalized spacial score (nSPS) is 17.8. The maximum atomic E-state index is 12.0. The molecule has 0 aliphatic carbocycles. The van der Waals surface area contributed by atoms with Crippen LogP contribution in [-0.2, 0) is 10.2 Å². The number of hydrogen-bond acceptors (Lipinski definition) is 2. The second-order valence-electron chi connectivity index (χ2n) is 5.47.